The fraction of sp³-hybridized carbons (Fsp3) is 0.350. The van der Waals surface area contributed by atoms with Crippen molar-refractivity contribution in [2.45, 2.75) is 11.3 Å². The van der Waals surface area contributed by atoms with E-state index < -0.39 is 6.36 Å². The number of hydrogen-bond acceptors (Lipinski definition) is 6. The molecule has 0 spiro atoms. The molecule has 2 amide bonds. The van der Waals surface area contributed by atoms with Crippen molar-refractivity contribution in [3.8, 4) is 5.75 Å². The van der Waals surface area contributed by atoms with Gasteiger partial charge in [0.15, 0.2) is 0 Å². The number of alkyl halides is 3. The van der Waals surface area contributed by atoms with Gasteiger partial charge in [-0.3, -0.25) is 19.5 Å². The summed E-state index contributed by atoms with van der Waals surface area (Å²) < 4.78 is 40.4. The molecule has 0 radical (unpaired) electrons. The van der Waals surface area contributed by atoms with Gasteiger partial charge in [0.1, 0.15) is 5.75 Å². The first-order valence-corrected chi connectivity index (χ1v) is 10.5. The Morgan fingerprint density at radius 1 is 1.03 bits per heavy atom. The molecule has 3 rings (SSSR count). The van der Waals surface area contributed by atoms with Crippen molar-refractivity contribution < 1.29 is 27.5 Å². The van der Waals surface area contributed by atoms with Crippen LogP contribution in [-0.2, 0) is 9.59 Å². The van der Waals surface area contributed by atoms with Gasteiger partial charge in [0.2, 0.25) is 11.8 Å². The molecule has 1 N–H and O–H groups in total. The molecule has 2 aromatic rings. The normalized spacial score (nSPS) is 14.9. The van der Waals surface area contributed by atoms with Gasteiger partial charge < -0.3 is 15.0 Å². The summed E-state index contributed by atoms with van der Waals surface area (Å²) >= 11 is 1.46. The Bertz CT molecular complexity index is 873. The molecule has 0 bridgehead atoms. The standard InChI is InChI=1S/C20H21F3N4O3S/c21-20(22,23)30-16-3-1-15(2-4-16)25-18(28)13-26-9-11-27(12-10-26)19(29)14-31-17-5-7-24-8-6-17/h1-8H,9-14H2,(H,25,28). The fourth-order valence-corrected chi connectivity index (χ4v) is 3.76. The zero-order valence-electron chi connectivity index (χ0n) is 16.5. The van der Waals surface area contributed by atoms with Crippen LogP contribution < -0.4 is 10.1 Å². The van der Waals surface area contributed by atoms with Gasteiger partial charge in [-0.2, -0.15) is 0 Å². The van der Waals surface area contributed by atoms with E-state index >= 15 is 0 Å². The van der Waals surface area contributed by atoms with E-state index in [0.717, 1.165) is 17.0 Å². The first kappa shape index (κ1) is 22.9. The van der Waals surface area contributed by atoms with Gasteiger partial charge >= 0.3 is 6.36 Å². The maximum Gasteiger partial charge on any atom is 0.573 e. The Hall–Kier alpha value is -2.79. The third-order valence-corrected chi connectivity index (χ3v) is 5.47. The monoisotopic (exact) mass is 454 g/mol. The Kier molecular flexibility index (Phi) is 7.75. The number of hydrogen-bond donors (Lipinski definition) is 1. The number of nitrogens with one attached hydrogen (secondary N) is 1. The van der Waals surface area contributed by atoms with E-state index in [9.17, 15) is 22.8 Å². The van der Waals surface area contributed by atoms with Crippen molar-refractivity contribution in [1.29, 1.82) is 0 Å². The predicted octanol–water partition coefficient (Wildman–Crippen LogP) is 2.86. The van der Waals surface area contributed by atoms with Crippen LogP contribution in [0.2, 0.25) is 0 Å². The van der Waals surface area contributed by atoms with Crippen molar-refractivity contribution >= 4 is 29.3 Å². The molecule has 0 unspecified atom stereocenters. The molecule has 0 saturated carbocycles. The quantitative estimate of drug-likeness (QED) is 0.649. The fourth-order valence-electron chi connectivity index (χ4n) is 2.97. The van der Waals surface area contributed by atoms with Gasteiger partial charge in [-0.05, 0) is 36.4 Å². The van der Waals surface area contributed by atoms with Crippen molar-refractivity contribution in [3.63, 3.8) is 0 Å². The molecule has 31 heavy (non-hydrogen) atoms. The van der Waals surface area contributed by atoms with Crippen LogP contribution in [-0.4, -0.2) is 71.4 Å². The molecule has 11 heteroatoms. The lowest BCUT2D eigenvalue weighted by molar-refractivity contribution is -0.274. The highest BCUT2D eigenvalue weighted by molar-refractivity contribution is 8.00. The second-order valence-electron chi connectivity index (χ2n) is 6.75. The molecule has 1 aliphatic rings. The number of pyridine rings is 1. The first-order valence-electron chi connectivity index (χ1n) is 9.47. The highest BCUT2D eigenvalue weighted by Gasteiger charge is 2.31. The molecule has 166 valence electrons. The van der Waals surface area contributed by atoms with E-state index in [0.29, 0.717) is 37.6 Å². The van der Waals surface area contributed by atoms with E-state index in [2.05, 4.69) is 15.0 Å². The topological polar surface area (TPSA) is 74.8 Å². The molecule has 1 saturated heterocycles. The zero-order valence-corrected chi connectivity index (χ0v) is 17.3. The number of ether oxygens (including phenoxy) is 1. The van der Waals surface area contributed by atoms with E-state index in [1.807, 2.05) is 17.0 Å². The number of piperazine rings is 1. The smallest absolute Gasteiger partial charge is 0.406 e. The maximum atomic E-state index is 12.4. The van der Waals surface area contributed by atoms with Crippen LogP contribution in [0, 0.1) is 0 Å². The second-order valence-corrected chi connectivity index (χ2v) is 7.80. The van der Waals surface area contributed by atoms with E-state index in [1.54, 1.807) is 17.3 Å². The highest BCUT2D eigenvalue weighted by Crippen LogP contribution is 2.24. The second kappa shape index (κ2) is 10.5. The minimum Gasteiger partial charge on any atom is -0.406 e. The first-order chi connectivity index (χ1) is 14.8. The maximum absolute atomic E-state index is 12.4. The van der Waals surface area contributed by atoms with E-state index in [1.165, 1.54) is 23.9 Å². The number of anilines is 1. The lowest BCUT2D eigenvalue weighted by Gasteiger charge is -2.34. The summed E-state index contributed by atoms with van der Waals surface area (Å²) in [5, 5.41) is 2.65. The molecule has 2 heterocycles. The third-order valence-electron chi connectivity index (χ3n) is 4.48. The number of carbonyl (C=O) groups is 2. The van der Waals surface area contributed by atoms with Crippen LogP contribution in [0.3, 0.4) is 0 Å². The molecule has 1 aliphatic heterocycles. The van der Waals surface area contributed by atoms with Gasteiger partial charge in [0.05, 0.1) is 12.3 Å². The summed E-state index contributed by atoms with van der Waals surface area (Å²) in [4.78, 5) is 33.2. The summed E-state index contributed by atoms with van der Waals surface area (Å²) in [7, 11) is 0. The number of thioether (sulfide) groups is 1. The number of aromatic nitrogens is 1. The number of halogens is 3. The summed E-state index contributed by atoms with van der Waals surface area (Å²) in [6, 6.07) is 8.66. The number of carbonyl (C=O) groups excluding carboxylic acids is 2. The SMILES string of the molecule is O=C(CN1CCN(C(=O)CSc2ccncc2)CC1)Nc1ccc(OC(F)(F)F)cc1. The average molecular weight is 454 g/mol. The molecular formula is C20H21F3N4O3S. The number of benzene rings is 1. The number of rotatable bonds is 7. The van der Waals surface area contributed by atoms with Crippen LogP contribution in [0.15, 0.2) is 53.7 Å². The minimum absolute atomic E-state index is 0.0482. The minimum atomic E-state index is -4.76. The summed E-state index contributed by atoms with van der Waals surface area (Å²) in [6.07, 6.45) is -1.39. The van der Waals surface area contributed by atoms with Gasteiger partial charge in [-0.25, -0.2) is 0 Å². The van der Waals surface area contributed by atoms with Crippen LogP contribution in [0.25, 0.3) is 0 Å². The molecule has 0 aliphatic carbocycles. The van der Waals surface area contributed by atoms with Crippen LogP contribution in [0.1, 0.15) is 0 Å². The molecule has 1 aromatic carbocycles. The zero-order chi connectivity index (χ0) is 22.3. The molecule has 7 nitrogen and oxygen atoms in total. The summed E-state index contributed by atoms with van der Waals surface area (Å²) in [6.45, 7) is 2.34. The van der Waals surface area contributed by atoms with Gasteiger partial charge in [-0.15, -0.1) is 24.9 Å². The molecular weight excluding hydrogens is 433 g/mol. The largest absolute Gasteiger partial charge is 0.573 e. The van der Waals surface area contributed by atoms with Crippen molar-refractivity contribution in [2.75, 3.05) is 43.8 Å². The van der Waals surface area contributed by atoms with Gasteiger partial charge in [0, 0.05) is 49.2 Å². The van der Waals surface area contributed by atoms with Crippen molar-refractivity contribution in [3.05, 3.63) is 48.8 Å². The Morgan fingerprint density at radius 3 is 2.29 bits per heavy atom. The summed E-state index contributed by atoms with van der Waals surface area (Å²) in [5.74, 6) is -0.239. The van der Waals surface area contributed by atoms with E-state index in [4.69, 9.17) is 0 Å². The van der Waals surface area contributed by atoms with Gasteiger partial charge in [-0.1, -0.05) is 0 Å². The Balaban J connectivity index is 1.38. The van der Waals surface area contributed by atoms with Crippen LogP contribution >= 0.6 is 11.8 Å². The average Bonchev–Trinajstić information content (AvgIpc) is 2.73. The summed E-state index contributed by atoms with van der Waals surface area (Å²) in [5.41, 5.74) is 0.376. The van der Waals surface area contributed by atoms with Crippen molar-refractivity contribution in [1.82, 2.24) is 14.8 Å². The number of amides is 2. The van der Waals surface area contributed by atoms with Gasteiger partial charge in [0.25, 0.3) is 0 Å². The predicted molar refractivity (Wildman–Crippen MR) is 110 cm³/mol. The molecule has 1 aromatic heterocycles. The van der Waals surface area contributed by atoms with Crippen LogP contribution in [0.4, 0.5) is 18.9 Å². The highest BCUT2D eigenvalue weighted by atomic mass is 32.2. The Morgan fingerprint density at radius 2 is 1.68 bits per heavy atom. The molecule has 1 fully saturated rings. The van der Waals surface area contributed by atoms with Crippen LogP contribution in [0.5, 0.6) is 5.75 Å². The lowest BCUT2D eigenvalue weighted by atomic mass is 10.3. The van der Waals surface area contributed by atoms with E-state index in [-0.39, 0.29) is 24.1 Å². The lowest BCUT2D eigenvalue weighted by Crippen LogP contribution is -2.50. The number of nitrogens with zero attached hydrogens (tertiary/aromatic N) is 3. The molecule has 0 atom stereocenters. The van der Waals surface area contributed by atoms with Crippen molar-refractivity contribution in [2.24, 2.45) is 0 Å². The Labute approximate surface area is 181 Å². The third kappa shape index (κ3) is 7.76.